The van der Waals surface area contributed by atoms with E-state index in [1.54, 1.807) is 38.1 Å². The molecule has 0 fully saturated rings. The first-order valence-corrected chi connectivity index (χ1v) is 10.9. The standard InChI is InChI=1S/C20H25N3O4S/c1-4-12-21-18(24)13-23-16-10-11-17(28(26,27)22(5-2)6-3)14-8-7-9-15(19(14)16)20(23)25/h7-11H,4-6,12-13H2,1-3H3,(H,21,24). The van der Waals surface area contributed by atoms with Crippen LogP contribution in [-0.2, 0) is 14.8 Å². The van der Waals surface area contributed by atoms with Gasteiger partial charge >= 0.3 is 0 Å². The molecule has 0 aromatic heterocycles. The van der Waals surface area contributed by atoms with E-state index in [4.69, 9.17) is 0 Å². The minimum Gasteiger partial charge on any atom is -0.355 e. The van der Waals surface area contributed by atoms with Gasteiger partial charge in [-0.1, -0.05) is 32.9 Å². The lowest BCUT2D eigenvalue weighted by Crippen LogP contribution is -2.39. The second-order valence-corrected chi connectivity index (χ2v) is 8.55. The SMILES string of the molecule is CCCNC(=O)CN1C(=O)c2cccc3c(S(=O)(=O)N(CC)CC)ccc1c23. The van der Waals surface area contributed by atoms with Gasteiger partial charge in [-0.15, -0.1) is 0 Å². The van der Waals surface area contributed by atoms with Gasteiger partial charge in [0.1, 0.15) is 6.54 Å². The fourth-order valence-electron chi connectivity index (χ4n) is 3.57. The highest BCUT2D eigenvalue weighted by Crippen LogP contribution is 2.40. The quantitative estimate of drug-likeness (QED) is 0.733. The Labute approximate surface area is 165 Å². The molecule has 0 aliphatic carbocycles. The van der Waals surface area contributed by atoms with Crippen molar-refractivity contribution in [2.24, 2.45) is 0 Å². The Morgan fingerprint density at radius 2 is 1.82 bits per heavy atom. The van der Waals surface area contributed by atoms with Gasteiger partial charge in [-0.25, -0.2) is 8.42 Å². The number of rotatable bonds is 8. The number of carbonyl (C=O) groups is 2. The molecule has 0 radical (unpaired) electrons. The summed E-state index contributed by atoms with van der Waals surface area (Å²) in [4.78, 5) is 26.6. The maximum atomic E-state index is 13.1. The van der Waals surface area contributed by atoms with Gasteiger partial charge in [0.15, 0.2) is 0 Å². The Kier molecular flexibility index (Phi) is 5.71. The molecule has 0 bridgehead atoms. The molecule has 1 N–H and O–H groups in total. The van der Waals surface area contributed by atoms with Crippen LogP contribution in [0.3, 0.4) is 0 Å². The Bertz CT molecular complexity index is 1030. The van der Waals surface area contributed by atoms with E-state index in [2.05, 4.69) is 5.32 Å². The predicted octanol–water partition coefficient (Wildman–Crippen LogP) is 2.36. The van der Waals surface area contributed by atoms with Crippen molar-refractivity contribution in [1.82, 2.24) is 9.62 Å². The minimum atomic E-state index is -3.68. The van der Waals surface area contributed by atoms with E-state index in [1.807, 2.05) is 6.92 Å². The first kappa shape index (κ1) is 20.3. The number of benzene rings is 2. The number of carbonyl (C=O) groups excluding carboxylic acids is 2. The second kappa shape index (κ2) is 7.89. The zero-order chi connectivity index (χ0) is 20.5. The molecule has 1 heterocycles. The number of amides is 2. The lowest BCUT2D eigenvalue weighted by Gasteiger charge is -2.21. The molecule has 28 heavy (non-hydrogen) atoms. The fourth-order valence-corrected chi connectivity index (χ4v) is 5.21. The van der Waals surface area contributed by atoms with Crippen molar-refractivity contribution in [1.29, 1.82) is 0 Å². The summed E-state index contributed by atoms with van der Waals surface area (Å²) >= 11 is 0. The van der Waals surface area contributed by atoms with E-state index >= 15 is 0 Å². The van der Waals surface area contributed by atoms with Crippen LogP contribution in [0.2, 0.25) is 0 Å². The zero-order valence-corrected chi connectivity index (χ0v) is 17.2. The lowest BCUT2D eigenvalue weighted by molar-refractivity contribution is -0.119. The summed E-state index contributed by atoms with van der Waals surface area (Å²) < 4.78 is 27.5. The molecule has 0 spiro atoms. The third-order valence-corrected chi connectivity index (χ3v) is 7.05. The van der Waals surface area contributed by atoms with Crippen molar-refractivity contribution in [3.05, 3.63) is 35.9 Å². The summed E-state index contributed by atoms with van der Waals surface area (Å²) in [6.45, 7) is 6.72. The van der Waals surface area contributed by atoms with E-state index < -0.39 is 10.0 Å². The Morgan fingerprint density at radius 1 is 1.11 bits per heavy atom. The molecule has 150 valence electrons. The molecule has 8 heteroatoms. The highest BCUT2D eigenvalue weighted by molar-refractivity contribution is 7.89. The van der Waals surface area contributed by atoms with Crippen molar-refractivity contribution in [3.8, 4) is 0 Å². The number of sulfonamides is 1. The van der Waals surface area contributed by atoms with Gasteiger partial charge in [-0.3, -0.25) is 14.5 Å². The summed E-state index contributed by atoms with van der Waals surface area (Å²) in [5, 5.41) is 3.86. The summed E-state index contributed by atoms with van der Waals surface area (Å²) in [6.07, 6.45) is 0.808. The van der Waals surface area contributed by atoms with Gasteiger partial charge in [0, 0.05) is 36.0 Å². The molecular weight excluding hydrogens is 378 g/mol. The van der Waals surface area contributed by atoms with Crippen molar-refractivity contribution >= 4 is 38.3 Å². The van der Waals surface area contributed by atoms with Gasteiger partial charge in [0.05, 0.1) is 10.6 Å². The molecular formula is C20H25N3O4S. The summed E-state index contributed by atoms with van der Waals surface area (Å²) in [5.41, 5.74) is 0.994. The van der Waals surface area contributed by atoms with Crippen molar-refractivity contribution < 1.29 is 18.0 Å². The molecule has 2 aromatic carbocycles. The van der Waals surface area contributed by atoms with Gasteiger partial charge in [-0.05, 0) is 24.6 Å². The van der Waals surface area contributed by atoms with Crippen LogP contribution in [0.5, 0.6) is 0 Å². The fraction of sp³-hybridized carbons (Fsp3) is 0.400. The molecule has 0 unspecified atom stereocenters. The molecule has 2 aromatic rings. The largest absolute Gasteiger partial charge is 0.355 e. The van der Waals surface area contributed by atoms with Crippen LogP contribution in [0.15, 0.2) is 35.2 Å². The van der Waals surface area contributed by atoms with Gasteiger partial charge < -0.3 is 5.32 Å². The third kappa shape index (κ3) is 3.27. The lowest BCUT2D eigenvalue weighted by atomic mass is 10.1. The van der Waals surface area contributed by atoms with Gasteiger partial charge in [0.2, 0.25) is 15.9 Å². The molecule has 0 saturated heterocycles. The van der Waals surface area contributed by atoms with E-state index in [0.29, 0.717) is 41.7 Å². The number of nitrogens with one attached hydrogen (secondary N) is 1. The molecule has 1 aliphatic rings. The molecule has 0 atom stereocenters. The van der Waals surface area contributed by atoms with Crippen LogP contribution in [-0.4, -0.2) is 50.7 Å². The number of anilines is 1. The van der Waals surface area contributed by atoms with E-state index in [-0.39, 0.29) is 23.3 Å². The Morgan fingerprint density at radius 3 is 2.46 bits per heavy atom. The van der Waals surface area contributed by atoms with Crippen LogP contribution in [0.4, 0.5) is 5.69 Å². The van der Waals surface area contributed by atoms with Crippen molar-refractivity contribution in [2.45, 2.75) is 32.1 Å². The molecule has 2 amide bonds. The first-order chi connectivity index (χ1) is 13.4. The highest BCUT2D eigenvalue weighted by Gasteiger charge is 2.34. The first-order valence-electron chi connectivity index (χ1n) is 9.51. The van der Waals surface area contributed by atoms with Gasteiger partial charge in [0.25, 0.3) is 5.91 Å². The molecule has 0 saturated carbocycles. The monoisotopic (exact) mass is 403 g/mol. The molecule has 7 nitrogen and oxygen atoms in total. The Hall–Kier alpha value is -2.45. The normalized spacial score (nSPS) is 13.6. The van der Waals surface area contributed by atoms with Gasteiger partial charge in [-0.2, -0.15) is 4.31 Å². The zero-order valence-electron chi connectivity index (χ0n) is 16.4. The Balaban J connectivity index is 2.10. The van der Waals surface area contributed by atoms with E-state index in [1.165, 1.54) is 15.3 Å². The summed E-state index contributed by atoms with van der Waals surface area (Å²) in [5.74, 6) is -0.527. The third-order valence-electron chi connectivity index (χ3n) is 4.94. The smallest absolute Gasteiger partial charge is 0.259 e. The van der Waals surface area contributed by atoms with Crippen LogP contribution < -0.4 is 10.2 Å². The summed E-state index contributed by atoms with van der Waals surface area (Å²) in [6, 6.07) is 8.23. The number of hydrogen-bond donors (Lipinski definition) is 1. The van der Waals surface area contributed by atoms with Crippen LogP contribution in [0.1, 0.15) is 37.6 Å². The average molecular weight is 404 g/mol. The maximum Gasteiger partial charge on any atom is 0.259 e. The number of nitrogens with zero attached hydrogens (tertiary/aromatic N) is 2. The molecule has 3 rings (SSSR count). The number of hydrogen-bond acceptors (Lipinski definition) is 4. The van der Waals surface area contributed by atoms with E-state index in [9.17, 15) is 18.0 Å². The maximum absolute atomic E-state index is 13.1. The van der Waals surface area contributed by atoms with Crippen molar-refractivity contribution in [3.63, 3.8) is 0 Å². The molecule has 1 aliphatic heterocycles. The van der Waals surface area contributed by atoms with Crippen LogP contribution >= 0.6 is 0 Å². The second-order valence-electron chi connectivity index (χ2n) is 6.64. The van der Waals surface area contributed by atoms with Crippen LogP contribution in [0.25, 0.3) is 10.8 Å². The average Bonchev–Trinajstić information content (AvgIpc) is 2.95. The van der Waals surface area contributed by atoms with Crippen molar-refractivity contribution in [2.75, 3.05) is 31.1 Å². The topological polar surface area (TPSA) is 86.8 Å². The highest BCUT2D eigenvalue weighted by atomic mass is 32.2. The van der Waals surface area contributed by atoms with Crippen LogP contribution in [0, 0.1) is 0 Å². The van der Waals surface area contributed by atoms with E-state index in [0.717, 1.165) is 6.42 Å². The minimum absolute atomic E-state index is 0.0925. The predicted molar refractivity (Wildman–Crippen MR) is 109 cm³/mol. The summed E-state index contributed by atoms with van der Waals surface area (Å²) in [7, 11) is -3.68.